The molecular formula is C21H17ClF2NO3PS. The number of hydrogen-bond acceptors (Lipinski definition) is 4. The van der Waals surface area contributed by atoms with Crippen molar-refractivity contribution in [3.63, 3.8) is 0 Å². The number of halogens is 3. The topological polar surface area (TPSA) is 47.6 Å². The molecule has 9 heteroatoms. The standard InChI is InChI=1S/C21H17ClF2NO3PS/c22-14-2-5-19-16(11-14)17(12-30-19)20(29-27-8-1-9-28-29)21(26)25-7-6-13-10-15(23)3-4-18(13)24/h2-7,10-12,20H,1,8-9H2,(H,25,26). The largest absolute Gasteiger partial charge is 0.333 e. The van der Waals surface area contributed by atoms with Crippen LogP contribution in [-0.2, 0) is 13.8 Å². The normalized spacial score (nSPS) is 16.2. The average Bonchev–Trinajstić information content (AvgIpc) is 3.14. The minimum atomic E-state index is -1.51. The molecular weight excluding hydrogens is 451 g/mol. The number of carbonyl (C=O) groups excluding carboxylic acids is 1. The van der Waals surface area contributed by atoms with Crippen LogP contribution in [0, 0.1) is 11.6 Å². The highest BCUT2D eigenvalue weighted by atomic mass is 35.5. The molecule has 0 saturated carbocycles. The number of fused-ring (bicyclic) bond motifs is 1. The van der Waals surface area contributed by atoms with Crippen LogP contribution in [0.25, 0.3) is 16.2 Å². The number of thiophene rings is 1. The number of benzene rings is 2. The van der Waals surface area contributed by atoms with Crippen LogP contribution in [0.1, 0.15) is 23.2 Å². The second-order valence-electron chi connectivity index (χ2n) is 6.55. The third-order valence-electron chi connectivity index (χ3n) is 4.49. The van der Waals surface area contributed by atoms with E-state index in [1.165, 1.54) is 23.6 Å². The Labute approximate surface area is 182 Å². The first kappa shape index (κ1) is 21.3. The van der Waals surface area contributed by atoms with E-state index in [4.69, 9.17) is 20.6 Å². The van der Waals surface area contributed by atoms with Crippen molar-refractivity contribution in [2.45, 2.75) is 12.1 Å². The van der Waals surface area contributed by atoms with Crippen LogP contribution in [0.5, 0.6) is 0 Å². The second kappa shape index (κ2) is 9.50. The number of rotatable bonds is 5. The molecule has 2 aromatic carbocycles. The quantitative estimate of drug-likeness (QED) is 0.441. The Morgan fingerprint density at radius 1 is 1.20 bits per heavy atom. The van der Waals surface area contributed by atoms with Gasteiger partial charge in [0, 0.05) is 21.5 Å². The molecule has 0 aliphatic carbocycles. The van der Waals surface area contributed by atoms with Crippen molar-refractivity contribution in [1.29, 1.82) is 0 Å². The zero-order valence-electron chi connectivity index (χ0n) is 15.6. The summed E-state index contributed by atoms with van der Waals surface area (Å²) >= 11 is 7.67. The van der Waals surface area contributed by atoms with E-state index >= 15 is 0 Å². The molecule has 30 heavy (non-hydrogen) atoms. The maximum absolute atomic E-state index is 13.8. The summed E-state index contributed by atoms with van der Waals surface area (Å²) in [6.45, 7) is 1.03. The molecule has 1 amide bonds. The van der Waals surface area contributed by atoms with Crippen molar-refractivity contribution in [1.82, 2.24) is 5.32 Å². The lowest BCUT2D eigenvalue weighted by Crippen LogP contribution is -2.26. The van der Waals surface area contributed by atoms with Crippen molar-refractivity contribution in [3.05, 3.63) is 75.8 Å². The molecule has 4 nitrogen and oxygen atoms in total. The minimum Gasteiger partial charge on any atom is -0.333 e. The van der Waals surface area contributed by atoms with Gasteiger partial charge in [0.25, 0.3) is 0 Å². The third-order valence-corrected chi connectivity index (χ3v) is 7.52. The van der Waals surface area contributed by atoms with Gasteiger partial charge in [-0.05, 0) is 65.2 Å². The summed E-state index contributed by atoms with van der Waals surface area (Å²) in [5.41, 5.74) is 0.123. The van der Waals surface area contributed by atoms with E-state index in [2.05, 4.69) is 5.32 Å². The summed E-state index contributed by atoms with van der Waals surface area (Å²) in [6, 6.07) is 8.65. The Bertz CT molecular complexity index is 1100. The van der Waals surface area contributed by atoms with E-state index in [1.54, 1.807) is 6.07 Å². The molecule has 3 aromatic rings. The summed E-state index contributed by atoms with van der Waals surface area (Å²) < 4.78 is 39.7. The van der Waals surface area contributed by atoms with E-state index in [0.29, 0.717) is 18.2 Å². The van der Waals surface area contributed by atoms with Crippen LogP contribution >= 0.6 is 31.3 Å². The molecule has 2 heterocycles. The van der Waals surface area contributed by atoms with Gasteiger partial charge in [0.2, 0.25) is 5.91 Å². The van der Waals surface area contributed by atoms with E-state index in [9.17, 15) is 13.6 Å². The Kier molecular flexibility index (Phi) is 6.76. The zero-order chi connectivity index (χ0) is 21.1. The van der Waals surface area contributed by atoms with Gasteiger partial charge in [-0.3, -0.25) is 4.79 Å². The molecule has 0 radical (unpaired) electrons. The van der Waals surface area contributed by atoms with Gasteiger partial charge in [-0.1, -0.05) is 11.6 Å². The van der Waals surface area contributed by atoms with Gasteiger partial charge in [0.15, 0.2) is 8.38 Å². The zero-order valence-corrected chi connectivity index (χ0v) is 18.1. The van der Waals surface area contributed by atoms with Gasteiger partial charge in [0.05, 0.1) is 13.2 Å². The molecule has 1 aliphatic rings. The fourth-order valence-corrected chi connectivity index (χ4v) is 6.01. The lowest BCUT2D eigenvalue weighted by atomic mass is 10.1. The highest BCUT2D eigenvalue weighted by molar-refractivity contribution is 7.49. The Morgan fingerprint density at radius 3 is 2.80 bits per heavy atom. The second-order valence-corrected chi connectivity index (χ2v) is 9.50. The van der Waals surface area contributed by atoms with Crippen molar-refractivity contribution in [2.24, 2.45) is 0 Å². The lowest BCUT2D eigenvalue weighted by molar-refractivity contribution is -0.120. The summed E-state index contributed by atoms with van der Waals surface area (Å²) in [4.78, 5) is 13.1. The highest BCUT2D eigenvalue weighted by Crippen LogP contribution is 2.56. The molecule has 4 rings (SSSR count). The first-order valence-electron chi connectivity index (χ1n) is 9.16. The minimum absolute atomic E-state index is 0.0375. The number of amides is 1. The van der Waals surface area contributed by atoms with Crippen LogP contribution in [0.3, 0.4) is 0 Å². The van der Waals surface area contributed by atoms with Gasteiger partial charge in [-0.15, -0.1) is 11.3 Å². The Hall–Kier alpha value is -1.89. The van der Waals surface area contributed by atoms with Gasteiger partial charge in [-0.25, -0.2) is 8.78 Å². The van der Waals surface area contributed by atoms with Crippen molar-refractivity contribution in [2.75, 3.05) is 13.2 Å². The SMILES string of the molecule is O=C(NC=Cc1cc(F)ccc1F)C(c1csc2ccc(Cl)cc12)P1OCCCO1. The molecule has 156 valence electrons. The van der Waals surface area contributed by atoms with Gasteiger partial charge >= 0.3 is 0 Å². The molecule has 0 bridgehead atoms. The molecule has 1 atom stereocenters. The first-order valence-corrected chi connectivity index (χ1v) is 11.7. The van der Waals surface area contributed by atoms with Gasteiger partial charge in [-0.2, -0.15) is 0 Å². The smallest absolute Gasteiger partial charge is 0.240 e. The van der Waals surface area contributed by atoms with Gasteiger partial charge in [0.1, 0.15) is 17.3 Å². The predicted octanol–water partition coefficient (Wildman–Crippen LogP) is 6.41. The maximum atomic E-state index is 13.8. The fraction of sp³-hybridized carbons (Fsp3) is 0.190. The third kappa shape index (κ3) is 4.71. The van der Waals surface area contributed by atoms with Crippen LogP contribution in [0.15, 0.2) is 48.0 Å². The highest BCUT2D eigenvalue weighted by Gasteiger charge is 2.35. The van der Waals surface area contributed by atoms with E-state index in [1.807, 2.05) is 17.5 Å². The molecule has 0 spiro atoms. The summed E-state index contributed by atoms with van der Waals surface area (Å²) in [5.74, 6) is -1.50. The van der Waals surface area contributed by atoms with Crippen LogP contribution in [0.2, 0.25) is 5.02 Å². The van der Waals surface area contributed by atoms with Crippen molar-refractivity contribution < 1.29 is 22.6 Å². The summed E-state index contributed by atoms with van der Waals surface area (Å²) in [5, 5.41) is 6.01. The van der Waals surface area contributed by atoms with Gasteiger partial charge < -0.3 is 14.4 Å². The van der Waals surface area contributed by atoms with Crippen LogP contribution in [-0.4, -0.2) is 19.1 Å². The van der Waals surface area contributed by atoms with Crippen LogP contribution < -0.4 is 5.32 Å². The number of carbonyl (C=O) groups is 1. The van der Waals surface area contributed by atoms with E-state index in [-0.39, 0.29) is 11.5 Å². The number of hydrogen-bond donors (Lipinski definition) is 1. The predicted molar refractivity (Wildman–Crippen MR) is 117 cm³/mol. The molecule has 1 N–H and O–H groups in total. The Balaban J connectivity index is 1.62. The molecule has 1 fully saturated rings. The van der Waals surface area contributed by atoms with Crippen molar-refractivity contribution in [3.8, 4) is 0 Å². The summed E-state index contributed by atoms with van der Waals surface area (Å²) in [6.07, 6.45) is 3.38. The lowest BCUT2D eigenvalue weighted by Gasteiger charge is -2.28. The summed E-state index contributed by atoms with van der Waals surface area (Å²) in [7, 11) is -1.51. The monoisotopic (exact) mass is 467 g/mol. The molecule has 1 aromatic heterocycles. The van der Waals surface area contributed by atoms with Crippen LogP contribution in [0.4, 0.5) is 8.78 Å². The first-order chi connectivity index (χ1) is 14.5. The van der Waals surface area contributed by atoms with E-state index < -0.39 is 25.7 Å². The molecule has 1 unspecified atom stereocenters. The van der Waals surface area contributed by atoms with E-state index in [0.717, 1.165) is 40.3 Å². The average molecular weight is 468 g/mol. The molecule has 1 saturated heterocycles. The molecule has 1 aliphatic heterocycles. The Morgan fingerprint density at radius 2 is 2.00 bits per heavy atom. The maximum Gasteiger partial charge on any atom is 0.240 e. The van der Waals surface area contributed by atoms with Crippen molar-refractivity contribution >= 4 is 53.4 Å². The fourth-order valence-electron chi connectivity index (χ4n) is 3.07. The number of nitrogens with one attached hydrogen (secondary N) is 1.